The molecule has 0 aliphatic carbocycles. The molecule has 0 aromatic heterocycles. The molecule has 124 valence electrons. The first-order valence-corrected chi connectivity index (χ1v) is 8.42. The van der Waals surface area contributed by atoms with Crippen molar-refractivity contribution in [1.82, 2.24) is 5.32 Å². The molecule has 3 aromatic carbocycles. The van der Waals surface area contributed by atoms with Gasteiger partial charge in [-0.1, -0.05) is 66.7 Å². The average molecular weight is 346 g/mol. The zero-order chi connectivity index (χ0) is 17.5. The highest BCUT2D eigenvalue weighted by Gasteiger charge is 2.16. The van der Waals surface area contributed by atoms with E-state index in [1.807, 2.05) is 83.8 Å². The summed E-state index contributed by atoms with van der Waals surface area (Å²) < 4.78 is 0. The van der Waals surface area contributed by atoms with Gasteiger partial charge in [-0.2, -0.15) is 0 Å². The number of thiocarbonyl (C=S) groups is 1. The van der Waals surface area contributed by atoms with Crippen LogP contribution in [0.5, 0.6) is 0 Å². The van der Waals surface area contributed by atoms with Crippen LogP contribution in [0.2, 0.25) is 0 Å². The molecule has 0 saturated heterocycles. The second kappa shape index (κ2) is 8.22. The van der Waals surface area contributed by atoms with Crippen molar-refractivity contribution in [1.29, 1.82) is 0 Å². The summed E-state index contributed by atoms with van der Waals surface area (Å²) in [5.41, 5.74) is 2.63. The van der Waals surface area contributed by atoms with Crippen molar-refractivity contribution < 1.29 is 4.79 Å². The van der Waals surface area contributed by atoms with Gasteiger partial charge in [0.2, 0.25) is 0 Å². The van der Waals surface area contributed by atoms with Crippen LogP contribution in [-0.2, 0) is 6.54 Å². The van der Waals surface area contributed by atoms with Gasteiger partial charge in [0.25, 0.3) is 5.91 Å². The first-order valence-electron chi connectivity index (χ1n) is 8.01. The lowest BCUT2D eigenvalue weighted by atomic mass is 10.2. The summed E-state index contributed by atoms with van der Waals surface area (Å²) in [5, 5.41) is 3.21. The second-order valence-electron chi connectivity index (χ2n) is 5.53. The molecule has 4 heteroatoms. The molecule has 0 aliphatic rings. The molecule has 0 spiro atoms. The van der Waals surface area contributed by atoms with Gasteiger partial charge < -0.3 is 4.90 Å². The van der Waals surface area contributed by atoms with Crippen LogP contribution in [0, 0.1) is 0 Å². The van der Waals surface area contributed by atoms with Crippen molar-refractivity contribution in [3.63, 3.8) is 0 Å². The Labute approximate surface area is 152 Å². The number of para-hydroxylation sites is 1. The monoisotopic (exact) mass is 346 g/mol. The maximum absolute atomic E-state index is 12.4. The zero-order valence-corrected chi connectivity index (χ0v) is 14.4. The van der Waals surface area contributed by atoms with Crippen LogP contribution >= 0.6 is 12.2 Å². The summed E-state index contributed by atoms with van der Waals surface area (Å²) in [4.78, 5) is 14.3. The molecule has 3 aromatic rings. The second-order valence-corrected chi connectivity index (χ2v) is 5.92. The first kappa shape index (κ1) is 16.9. The molecule has 0 unspecified atom stereocenters. The molecule has 1 amide bonds. The number of anilines is 1. The number of nitrogens with one attached hydrogen (secondary N) is 1. The Hall–Kier alpha value is -2.98. The lowest BCUT2D eigenvalue weighted by Crippen LogP contribution is -2.42. The van der Waals surface area contributed by atoms with Gasteiger partial charge in [0.1, 0.15) is 0 Å². The van der Waals surface area contributed by atoms with E-state index in [1.165, 1.54) is 0 Å². The first-order chi connectivity index (χ1) is 12.2. The number of carbonyl (C=O) groups is 1. The number of hydrogen-bond acceptors (Lipinski definition) is 2. The van der Waals surface area contributed by atoms with Gasteiger partial charge >= 0.3 is 0 Å². The Balaban J connectivity index is 1.81. The highest BCUT2D eigenvalue weighted by atomic mass is 32.1. The number of amides is 1. The molecular weight excluding hydrogens is 328 g/mol. The van der Waals surface area contributed by atoms with Gasteiger partial charge in [-0.05, 0) is 42.0 Å². The average Bonchev–Trinajstić information content (AvgIpc) is 2.68. The van der Waals surface area contributed by atoms with Crippen molar-refractivity contribution >= 4 is 28.9 Å². The maximum atomic E-state index is 12.4. The molecule has 0 heterocycles. The van der Waals surface area contributed by atoms with Crippen molar-refractivity contribution in [2.24, 2.45) is 0 Å². The minimum atomic E-state index is -0.209. The highest BCUT2D eigenvalue weighted by molar-refractivity contribution is 7.80. The van der Waals surface area contributed by atoms with E-state index in [0.29, 0.717) is 17.2 Å². The SMILES string of the molecule is O=C(NC(=S)N(Cc1ccccc1)c1ccccc1)c1ccccc1. The third kappa shape index (κ3) is 4.52. The fourth-order valence-electron chi connectivity index (χ4n) is 2.48. The smallest absolute Gasteiger partial charge is 0.257 e. The van der Waals surface area contributed by atoms with Crippen molar-refractivity contribution in [2.75, 3.05) is 4.90 Å². The molecular formula is C21H18N2OS. The summed E-state index contributed by atoms with van der Waals surface area (Å²) in [6, 6.07) is 28.9. The van der Waals surface area contributed by atoms with E-state index in [4.69, 9.17) is 12.2 Å². The molecule has 3 nitrogen and oxygen atoms in total. The zero-order valence-electron chi connectivity index (χ0n) is 13.6. The molecule has 0 fully saturated rings. The summed E-state index contributed by atoms with van der Waals surface area (Å²) in [6.45, 7) is 0.582. The van der Waals surface area contributed by atoms with Gasteiger partial charge in [-0.25, -0.2) is 0 Å². The van der Waals surface area contributed by atoms with Crippen LogP contribution < -0.4 is 10.2 Å². The third-order valence-electron chi connectivity index (χ3n) is 3.75. The molecule has 25 heavy (non-hydrogen) atoms. The maximum Gasteiger partial charge on any atom is 0.257 e. The number of hydrogen-bond donors (Lipinski definition) is 1. The summed E-state index contributed by atoms with van der Waals surface area (Å²) in [5.74, 6) is -0.209. The highest BCUT2D eigenvalue weighted by Crippen LogP contribution is 2.17. The third-order valence-corrected chi connectivity index (χ3v) is 4.08. The normalized spacial score (nSPS) is 10.1. The molecule has 0 bridgehead atoms. The summed E-state index contributed by atoms with van der Waals surface area (Å²) in [6.07, 6.45) is 0. The number of benzene rings is 3. The van der Waals surface area contributed by atoms with Crippen LogP contribution in [-0.4, -0.2) is 11.0 Å². The Bertz CT molecular complexity index is 836. The molecule has 0 aliphatic heterocycles. The predicted octanol–water partition coefficient (Wildman–Crippen LogP) is 4.41. The molecule has 1 N–H and O–H groups in total. The minimum Gasteiger partial charge on any atom is -0.314 e. The predicted molar refractivity (Wildman–Crippen MR) is 106 cm³/mol. The van der Waals surface area contributed by atoms with Crippen LogP contribution in [0.25, 0.3) is 0 Å². The molecule has 0 radical (unpaired) electrons. The van der Waals surface area contributed by atoms with E-state index in [1.54, 1.807) is 12.1 Å². The largest absolute Gasteiger partial charge is 0.314 e. The lowest BCUT2D eigenvalue weighted by Gasteiger charge is -2.25. The van der Waals surface area contributed by atoms with E-state index in [9.17, 15) is 4.79 Å². The Kier molecular flexibility index (Phi) is 5.54. The Morgan fingerprint density at radius 1 is 0.800 bits per heavy atom. The molecule has 3 rings (SSSR count). The van der Waals surface area contributed by atoms with Gasteiger partial charge in [0.05, 0.1) is 6.54 Å². The minimum absolute atomic E-state index is 0.209. The van der Waals surface area contributed by atoms with E-state index < -0.39 is 0 Å². The summed E-state index contributed by atoms with van der Waals surface area (Å²) in [7, 11) is 0. The Morgan fingerprint density at radius 2 is 1.32 bits per heavy atom. The van der Waals surface area contributed by atoms with Crippen LogP contribution in [0.4, 0.5) is 5.69 Å². The fourth-order valence-corrected chi connectivity index (χ4v) is 2.74. The van der Waals surface area contributed by atoms with Crippen molar-refractivity contribution in [3.05, 3.63) is 102 Å². The quantitative estimate of drug-likeness (QED) is 0.710. The van der Waals surface area contributed by atoms with Gasteiger partial charge in [0.15, 0.2) is 5.11 Å². The molecule has 0 atom stereocenters. The topological polar surface area (TPSA) is 32.3 Å². The van der Waals surface area contributed by atoms with E-state index in [0.717, 1.165) is 11.3 Å². The summed E-state index contributed by atoms with van der Waals surface area (Å²) >= 11 is 5.53. The van der Waals surface area contributed by atoms with E-state index >= 15 is 0 Å². The fraction of sp³-hybridized carbons (Fsp3) is 0.0476. The number of rotatable bonds is 4. The van der Waals surface area contributed by atoms with E-state index in [2.05, 4.69) is 5.32 Å². The van der Waals surface area contributed by atoms with Gasteiger partial charge in [0, 0.05) is 11.3 Å². The van der Waals surface area contributed by atoms with Crippen LogP contribution in [0.15, 0.2) is 91.0 Å². The van der Waals surface area contributed by atoms with Gasteiger partial charge in [-0.15, -0.1) is 0 Å². The van der Waals surface area contributed by atoms with E-state index in [-0.39, 0.29) is 5.91 Å². The van der Waals surface area contributed by atoms with Crippen molar-refractivity contribution in [2.45, 2.75) is 6.54 Å². The lowest BCUT2D eigenvalue weighted by molar-refractivity contribution is 0.0977. The number of nitrogens with zero attached hydrogens (tertiary/aromatic N) is 1. The van der Waals surface area contributed by atoms with Crippen LogP contribution in [0.3, 0.4) is 0 Å². The Morgan fingerprint density at radius 3 is 1.92 bits per heavy atom. The molecule has 0 saturated carbocycles. The standard InChI is InChI=1S/C21H18N2OS/c24-20(18-12-6-2-7-13-18)22-21(25)23(19-14-8-3-9-15-19)16-17-10-4-1-5-11-17/h1-15H,16H2,(H,22,24,25). The van der Waals surface area contributed by atoms with Crippen LogP contribution in [0.1, 0.15) is 15.9 Å². The van der Waals surface area contributed by atoms with Crippen molar-refractivity contribution in [3.8, 4) is 0 Å². The van der Waals surface area contributed by atoms with Gasteiger partial charge in [-0.3, -0.25) is 10.1 Å². The number of carbonyl (C=O) groups excluding carboxylic acids is 1.